The number of rotatable bonds is 9. The van der Waals surface area contributed by atoms with Gasteiger partial charge in [-0.25, -0.2) is 0 Å². The van der Waals surface area contributed by atoms with Gasteiger partial charge in [-0.3, -0.25) is 4.79 Å². The zero-order valence-corrected chi connectivity index (χ0v) is 19.8. The molecule has 0 radical (unpaired) electrons. The second-order valence-electron chi connectivity index (χ2n) is 8.18. The van der Waals surface area contributed by atoms with Gasteiger partial charge in [0, 0.05) is 10.3 Å². The predicted molar refractivity (Wildman–Crippen MR) is 112 cm³/mol. The van der Waals surface area contributed by atoms with E-state index >= 15 is 0 Å². The third-order valence-corrected chi connectivity index (χ3v) is 13.1. The Kier molecular flexibility index (Phi) is 9.25. The Morgan fingerprint density at radius 1 is 1.17 bits per heavy atom. The maximum absolute atomic E-state index is 12.2. The molecule has 0 N–H and O–H groups in total. The summed E-state index contributed by atoms with van der Waals surface area (Å²) in [5.74, 6) is -0.0754. The highest BCUT2D eigenvalue weighted by Crippen LogP contribution is 2.44. The van der Waals surface area contributed by atoms with Gasteiger partial charge in [-0.2, -0.15) is 0 Å². The minimum Gasteiger partial charge on any atom is -0.461 e. The van der Waals surface area contributed by atoms with E-state index in [0.29, 0.717) is 27.0 Å². The molecule has 0 amide bonds. The van der Waals surface area contributed by atoms with Crippen molar-refractivity contribution in [2.45, 2.75) is 113 Å². The average Bonchev–Trinajstić information content (AvgIpc) is 2.48. The van der Waals surface area contributed by atoms with Crippen molar-refractivity contribution < 1.29 is 14.0 Å². The average molecular weight is 468 g/mol. The van der Waals surface area contributed by atoms with Crippen molar-refractivity contribution >= 4 is 36.9 Å². The summed E-state index contributed by atoms with van der Waals surface area (Å²) in [7, 11) is -1.94. The van der Waals surface area contributed by atoms with Gasteiger partial charge in [0.25, 0.3) is 0 Å². The summed E-state index contributed by atoms with van der Waals surface area (Å²) in [6, 6.07) is 0. The van der Waals surface area contributed by atoms with Gasteiger partial charge in [-0.1, -0.05) is 83.9 Å². The van der Waals surface area contributed by atoms with Gasteiger partial charge in [-0.15, -0.1) is 0 Å². The van der Waals surface area contributed by atoms with E-state index < -0.39 is 8.32 Å². The number of alkyl halides is 1. The quantitative estimate of drug-likeness (QED) is 0.174. The molecule has 1 fully saturated rings. The fourth-order valence-electron chi connectivity index (χ4n) is 4.39. The van der Waals surface area contributed by atoms with Crippen LogP contribution in [0.25, 0.3) is 0 Å². The Bertz CT molecular complexity index is 376. The van der Waals surface area contributed by atoms with Crippen LogP contribution in [0, 0.1) is 0 Å². The summed E-state index contributed by atoms with van der Waals surface area (Å²) in [6.07, 6.45) is 4.83. The molecule has 3 atom stereocenters. The lowest BCUT2D eigenvalue weighted by atomic mass is 10.0. The molecule has 1 heterocycles. The molecule has 0 aromatic heterocycles. The molecule has 0 aromatic rings. The summed E-state index contributed by atoms with van der Waals surface area (Å²) >= 11 is 2.46. The monoisotopic (exact) mass is 468 g/mol. The van der Waals surface area contributed by atoms with Crippen LogP contribution in [0.3, 0.4) is 0 Å². The highest BCUT2D eigenvalue weighted by Gasteiger charge is 2.48. The molecule has 5 heteroatoms. The highest BCUT2D eigenvalue weighted by molar-refractivity contribution is 14.1. The predicted octanol–water partition coefficient (Wildman–Crippen LogP) is 6.25. The van der Waals surface area contributed by atoms with Crippen molar-refractivity contribution in [1.29, 1.82) is 0 Å². The molecule has 24 heavy (non-hydrogen) atoms. The number of unbranched alkanes of at least 4 members (excludes halogenated alkanes) is 1. The Morgan fingerprint density at radius 3 is 2.17 bits per heavy atom. The Hall–Kier alpha value is 0.377. The van der Waals surface area contributed by atoms with E-state index in [2.05, 4.69) is 71.1 Å². The van der Waals surface area contributed by atoms with E-state index in [0.717, 1.165) is 12.8 Å². The molecular formula is C19H37IO3Si. The van der Waals surface area contributed by atoms with E-state index in [1.807, 2.05) is 0 Å². The molecule has 1 aliphatic heterocycles. The summed E-state index contributed by atoms with van der Waals surface area (Å²) in [5, 5.41) is 0. The van der Waals surface area contributed by atoms with Crippen molar-refractivity contribution in [2.75, 3.05) is 0 Å². The lowest BCUT2D eigenvalue weighted by Gasteiger charge is -2.46. The van der Waals surface area contributed by atoms with Crippen LogP contribution >= 0.6 is 22.6 Å². The molecule has 0 bridgehead atoms. The van der Waals surface area contributed by atoms with E-state index in [9.17, 15) is 4.79 Å². The van der Waals surface area contributed by atoms with Crippen LogP contribution in [0.4, 0.5) is 0 Å². The number of carbonyl (C=O) groups is 1. The van der Waals surface area contributed by atoms with Gasteiger partial charge in [0.15, 0.2) is 0 Å². The maximum Gasteiger partial charge on any atom is 0.308 e. The summed E-state index contributed by atoms with van der Waals surface area (Å²) < 4.78 is 12.9. The van der Waals surface area contributed by atoms with Gasteiger partial charge < -0.3 is 9.16 Å². The molecule has 0 unspecified atom stereocenters. The van der Waals surface area contributed by atoms with Gasteiger partial charge in [0.1, 0.15) is 6.10 Å². The lowest BCUT2D eigenvalue weighted by molar-refractivity contribution is -0.159. The zero-order valence-electron chi connectivity index (χ0n) is 16.6. The molecule has 1 aliphatic rings. The molecule has 142 valence electrons. The smallest absolute Gasteiger partial charge is 0.308 e. The minimum atomic E-state index is -1.94. The molecule has 1 saturated heterocycles. The van der Waals surface area contributed by atoms with Crippen LogP contribution < -0.4 is 0 Å². The molecule has 1 rings (SSSR count). The zero-order chi connectivity index (χ0) is 18.5. The van der Waals surface area contributed by atoms with Crippen molar-refractivity contribution in [2.24, 2.45) is 0 Å². The molecule has 0 saturated carbocycles. The fourth-order valence-corrected chi connectivity index (χ4v) is 10.8. The SMILES string of the molecule is CCCC[C@H](I)[C@@H]1C[C@@H](O[Si](C(C)C)(C(C)C)C(C)C)CC(=O)O1. The minimum absolute atomic E-state index is 0.0154. The van der Waals surface area contributed by atoms with Crippen LogP contribution in [0.5, 0.6) is 0 Å². The number of cyclic esters (lactones) is 1. The Balaban J connectivity index is 2.89. The summed E-state index contributed by atoms with van der Waals surface area (Å²) in [4.78, 5) is 12.2. The third-order valence-electron chi connectivity index (χ3n) is 5.49. The van der Waals surface area contributed by atoms with E-state index in [4.69, 9.17) is 9.16 Å². The van der Waals surface area contributed by atoms with Gasteiger partial charge in [-0.05, 0) is 23.0 Å². The number of carbonyl (C=O) groups excluding carboxylic acids is 1. The third kappa shape index (κ3) is 5.43. The van der Waals surface area contributed by atoms with Crippen LogP contribution in [-0.4, -0.2) is 30.4 Å². The normalized spacial score (nSPS) is 23.9. The van der Waals surface area contributed by atoms with Crippen molar-refractivity contribution in [3.63, 3.8) is 0 Å². The van der Waals surface area contributed by atoms with E-state index in [1.165, 1.54) is 12.8 Å². The van der Waals surface area contributed by atoms with Crippen molar-refractivity contribution in [3.8, 4) is 0 Å². The standard InChI is InChI=1S/C19H37IO3Si/c1-8-9-10-17(20)18-11-16(12-19(21)22-18)23-24(13(2)3,14(4)5)15(6)7/h13-18H,8-12H2,1-7H3/t16-,17+,18+/m1/s1. The summed E-state index contributed by atoms with van der Waals surface area (Å²) in [5.41, 5.74) is 1.64. The van der Waals surface area contributed by atoms with Crippen molar-refractivity contribution in [1.82, 2.24) is 0 Å². The first kappa shape index (κ1) is 22.4. The molecular weight excluding hydrogens is 431 g/mol. The van der Waals surface area contributed by atoms with Gasteiger partial charge in [0.05, 0.1) is 12.5 Å². The van der Waals surface area contributed by atoms with E-state index in [1.54, 1.807) is 0 Å². The Labute approximate surface area is 163 Å². The van der Waals surface area contributed by atoms with Crippen LogP contribution in [-0.2, 0) is 14.0 Å². The lowest BCUT2D eigenvalue weighted by Crippen LogP contribution is -2.52. The molecule has 0 aromatic carbocycles. The van der Waals surface area contributed by atoms with Gasteiger partial charge >= 0.3 is 5.97 Å². The highest BCUT2D eigenvalue weighted by atomic mass is 127. The number of ether oxygens (including phenoxy) is 1. The first-order valence-corrected chi connectivity index (χ1v) is 13.0. The fraction of sp³-hybridized carbons (Fsp3) is 0.947. The first-order valence-electron chi connectivity index (χ1n) is 9.66. The Morgan fingerprint density at radius 2 is 1.71 bits per heavy atom. The first-order chi connectivity index (χ1) is 11.1. The second-order valence-corrected chi connectivity index (χ2v) is 15.2. The van der Waals surface area contributed by atoms with Gasteiger partial charge in [0.2, 0.25) is 8.32 Å². The van der Waals surface area contributed by atoms with Crippen LogP contribution in [0.1, 0.15) is 80.6 Å². The number of hydrogen-bond acceptors (Lipinski definition) is 3. The molecule has 0 spiro atoms. The van der Waals surface area contributed by atoms with Crippen LogP contribution in [0.15, 0.2) is 0 Å². The maximum atomic E-state index is 12.2. The largest absolute Gasteiger partial charge is 0.461 e. The molecule has 3 nitrogen and oxygen atoms in total. The number of hydrogen-bond donors (Lipinski definition) is 0. The van der Waals surface area contributed by atoms with Crippen LogP contribution in [0.2, 0.25) is 16.6 Å². The topological polar surface area (TPSA) is 35.5 Å². The summed E-state index contributed by atoms with van der Waals surface area (Å²) in [6.45, 7) is 16.0. The van der Waals surface area contributed by atoms with E-state index in [-0.39, 0.29) is 18.2 Å². The molecule has 0 aliphatic carbocycles. The number of esters is 1. The second kappa shape index (κ2) is 9.90. The number of halogens is 1. The van der Waals surface area contributed by atoms with Crippen molar-refractivity contribution in [3.05, 3.63) is 0 Å².